The largest absolute Gasteiger partial charge is 0.479 e. The second kappa shape index (κ2) is 9.91. The molecule has 1 heterocycles. The molecule has 0 radical (unpaired) electrons. The van der Waals surface area contributed by atoms with E-state index in [2.05, 4.69) is 0 Å². The van der Waals surface area contributed by atoms with Crippen LogP contribution in [-0.2, 0) is 23.9 Å². The minimum Gasteiger partial charge on any atom is -0.479 e. The molecule has 0 saturated carbocycles. The van der Waals surface area contributed by atoms with Crippen molar-refractivity contribution >= 4 is 23.5 Å². The fourth-order valence-electron chi connectivity index (χ4n) is 2.81. The van der Waals surface area contributed by atoms with Gasteiger partial charge in [-0.3, -0.25) is 14.4 Å². The molecular weight excluding hydrogens is 352 g/mol. The average molecular weight is 378 g/mol. The van der Waals surface area contributed by atoms with Crippen molar-refractivity contribution in [3.8, 4) is 5.75 Å². The molecular formula is C19H26N2O6. The Hall–Kier alpha value is -2.61. The molecule has 27 heavy (non-hydrogen) atoms. The number of fused-ring (bicyclic) bond motifs is 1. The highest BCUT2D eigenvalue weighted by molar-refractivity contribution is 6.00. The van der Waals surface area contributed by atoms with Gasteiger partial charge in [-0.25, -0.2) is 0 Å². The van der Waals surface area contributed by atoms with Crippen molar-refractivity contribution < 1.29 is 28.6 Å². The molecule has 1 aromatic rings. The highest BCUT2D eigenvalue weighted by Gasteiger charge is 2.31. The smallest absolute Gasteiger partial charge is 0.325 e. The molecule has 0 N–H and O–H groups in total. The van der Waals surface area contributed by atoms with E-state index < -0.39 is 12.1 Å². The number of benzene rings is 1. The molecule has 1 aromatic carbocycles. The van der Waals surface area contributed by atoms with Crippen LogP contribution in [0.4, 0.5) is 5.69 Å². The van der Waals surface area contributed by atoms with Gasteiger partial charge < -0.3 is 24.0 Å². The minimum absolute atomic E-state index is 0.0793. The molecule has 0 aromatic heterocycles. The predicted molar refractivity (Wildman–Crippen MR) is 98.6 cm³/mol. The number of anilines is 1. The molecule has 0 saturated heterocycles. The van der Waals surface area contributed by atoms with E-state index in [4.69, 9.17) is 14.2 Å². The molecule has 1 unspecified atom stereocenters. The lowest BCUT2D eigenvalue weighted by Crippen LogP contribution is -2.46. The third-order valence-electron chi connectivity index (χ3n) is 4.17. The number of para-hydroxylation sites is 2. The Balaban J connectivity index is 2.04. The van der Waals surface area contributed by atoms with E-state index in [1.54, 1.807) is 30.9 Å². The Morgan fingerprint density at radius 2 is 2.04 bits per heavy atom. The summed E-state index contributed by atoms with van der Waals surface area (Å²) in [5.41, 5.74) is 0.641. The van der Waals surface area contributed by atoms with Crippen molar-refractivity contribution in [2.45, 2.75) is 26.4 Å². The van der Waals surface area contributed by atoms with Gasteiger partial charge in [-0.1, -0.05) is 12.1 Å². The van der Waals surface area contributed by atoms with Crippen molar-refractivity contribution in [3.05, 3.63) is 24.3 Å². The topological polar surface area (TPSA) is 85.4 Å². The van der Waals surface area contributed by atoms with E-state index in [0.717, 1.165) is 0 Å². The third-order valence-corrected chi connectivity index (χ3v) is 4.17. The first-order chi connectivity index (χ1) is 13.0. The van der Waals surface area contributed by atoms with Crippen molar-refractivity contribution in [1.82, 2.24) is 4.90 Å². The lowest BCUT2D eigenvalue weighted by molar-refractivity contribution is -0.149. The molecule has 1 aliphatic heterocycles. The van der Waals surface area contributed by atoms with Crippen LogP contribution in [-0.4, -0.2) is 68.7 Å². The summed E-state index contributed by atoms with van der Waals surface area (Å²) in [5.74, 6) is -0.303. The van der Waals surface area contributed by atoms with Crippen molar-refractivity contribution in [2.75, 3.05) is 44.9 Å². The van der Waals surface area contributed by atoms with Crippen LogP contribution in [0, 0.1) is 0 Å². The van der Waals surface area contributed by atoms with E-state index in [0.29, 0.717) is 18.0 Å². The maximum atomic E-state index is 12.6. The number of carbonyl (C=O) groups excluding carboxylic acids is 3. The molecule has 2 amide bonds. The second-order valence-electron chi connectivity index (χ2n) is 6.08. The van der Waals surface area contributed by atoms with Gasteiger partial charge in [-0.05, 0) is 26.0 Å². The van der Waals surface area contributed by atoms with E-state index in [1.807, 2.05) is 12.1 Å². The maximum Gasteiger partial charge on any atom is 0.325 e. The van der Waals surface area contributed by atoms with Gasteiger partial charge >= 0.3 is 5.97 Å². The molecule has 1 aliphatic rings. The Morgan fingerprint density at radius 3 is 2.74 bits per heavy atom. The third kappa shape index (κ3) is 5.43. The first-order valence-electron chi connectivity index (χ1n) is 8.97. The van der Waals surface area contributed by atoms with Gasteiger partial charge in [0.1, 0.15) is 12.3 Å². The number of hydrogen-bond donors (Lipinski definition) is 0. The summed E-state index contributed by atoms with van der Waals surface area (Å²) in [7, 11) is 1.53. The monoisotopic (exact) mass is 378 g/mol. The highest BCUT2D eigenvalue weighted by atomic mass is 16.5. The molecule has 8 nitrogen and oxygen atoms in total. The summed E-state index contributed by atoms with van der Waals surface area (Å²) in [6.07, 6.45) is -0.533. The zero-order chi connectivity index (χ0) is 19.8. The number of esters is 1. The fourth-order valence-corrected chi connectivity index (χ4v) is 2.81. The van der Waals surface area contributed by atoms with Crippen molar-refractivity contribution in [2.24, 2.45) is 0 Å². The summed E-state index contributed by atoms with van der Waals surface area (Å²) in [5, 5.41) is 0. The van der Waals surface area contributed by atoms with Gasteiger partial charge in [0, 0.05) is 26.6 Å². The van der Waals surface area contributed by atoms with Crippen molar-refractivity contribution in [3.63, 3.8) is 0 Å². The Morgan fingerprint density at radius 1 is 1.30 bits per heavy atom. The maximum absolute atomic E-state index is 12.6. The summed E-state index contributed by atoms with van der Waals surface area (Å²) < 4.78 is 15.5. The molecule has 0 fully saturated rings. The summed E-state index contributed by atoms with van der Waals surface area (Å²) >= 11 is 0. The summed E-state index contributed by atoms with van der Waals surface area (Å²) in [6, 6.07) is 7.21. The van der Waals surface area contributed by atoms with Gasteiger partial charge in [0.15, 0.2) is 6.10 Å². The van der Waals surface area contributed by atoms with Gasteiger partial charge in [0.25, 0.3) is 5.91 Å². The number of hydrogen-bond acceptors (Lipinski definition) is 6. The SMILES string of the molecule is CCOC(=O)CN(CCOC)C(=O)CCN1C(=O)C(C)Oc2ccccc21. The molecule has 2 rings (SSSR count). The van der Waals surface area contributed by atoms with Gasteiger partial charge in [-0.15, -0.1) is 0 Å². The Kier molecular flexibility index (Phi) is 7.60. The number of amides is 2. The second-order valence-corrected chi connectivity index (χ2v) is 6.08. The van der Waals surface area contributed by atoms with Crippen LogP contribution >= 0.6 is 0 Å². The number of nitrogens with zero attached hydrogens (tertiary/aromatic N) is 2. The van der Waals surface area contributed by atoms with Gasteiger partial charge in [0.2, 0.25) is 5.91 Å². The van der Waals surface area contributed by atoms with Crippen LogP contribution in [0.25, 0.3) is 0 Å². The molecule has 0 bridgehead atoms. The zero-order valence-corrected chi connectivity index (χ0v) is 16.0. The van der Waals surface area contributed by atoms with Gasteiger partial charge in [-0.2, -0.15) is 0 Å². The summed E-state index contributed by atoms with van der Waals surface area (Å²) in [4.78, 5) is 39.8. The van der Waals surface area contributed by atoms with Crippen LogP contribution < -0.4 is 9.64 Å². The molecule has 0 aliphatic carbocycles. The number of carbonyl (C=O) groups is 3. The van der Waals surface area contributed by atoms with Crippen LogP contribution in [0.5, 0.6) is 5.75 Å². The van der Waals surface area contributed by atoms with E-state index in [1.165, 1.54) is 12.0 Å². The molecule has 148 valence electrons. The van der Waals surface area contributed by atoms with E-state index in [9.17, 15) is 14.4 Å². The quantitative estimate of drug-likeness (QED) is 0.601. The summed E-state index contributed by atoms with van der Waals surface area (Å²) in [6.45, 7) is 4.29. The number of rotatable bonds is 9. The predicted octanol–water partition coefficient (Wildman–Crippen LogP) is 1.23. The molecule has 1 atom stereocenters. The first-order valence-corrected chi connectivity index (χ1v) is 8.97. The van der Waals surface area contributed by atoms with Crippen molar-refractivity contribution in [1.29, 1.82) is 0 Å². The lowest BCUT2D eigenvalue weighted by Gasteiger charge is -2.33. The first kappa shape index (κ1) is 20.7. The lowest BCUT2D eigenvalue weighted by atomic mass is 10.1. The van der Waals surface area contributed by atoms with Gasteiger partial charge in [0.05, 0.1) is 18.9 Å². The standard InChI is InChI=1S/C19H26N2O6/c1-4-26-18(23)13-20(11-12-25-3)17(22)9-10-21-15-7-5-6-8-16(15)27-14(2)19(21)24/h5-8,14H,4,9-13H2,1-3H3. The van der Waals surface area contributed by atoms with Crippen LogP contribution in [0.2, 0.25) is 0 Å². The van der Waals surface area contributed by atoms with E-state index >= 15 is 0 Å². The Labute approximate surface area is 159 Å². The zero-order valence-electron chi connectivity index (χ0n) is 16.0. The van der Waals surface area contributed by atoms with Crippen LogP contribution in [0.1, 0.15) is 20.3 Å². The molecule has 8 heteroatoms. The average Bonchev–Trinajstić information content (AvgIpc) is 2.65. The molecule has 0 spiro atoms. The Bertz CT molecular complexity index is 678. The van der Waals surface area contributed by atoms with Crippen LogP contribution in [0.15, 0.2) is 24.3 Å². The number of methoxy groups -OCH3 is 1. The number of ether oxygens (including phenoxy) is 3. The van der Waals surface area contributed by atoms with Crippen LogP contribution in [0.3, 0.4) is 0 Å². The minimum atomic E-state index is -0.612. The fraction of sp³-hybridized carbons (Fsp3) is 0.526. The normalized spacial score (nSPS) is 15.7. The highest BCUT2D eigenvalue weighted by Crippen LogP contribution is 2.33. The van der Waals surface area contributed by atoms with E-state index in [-0.39, 0.29) is 44.5 Å².